The Hall–Kier alpha value is -4.25. The summed E-state index contributed by atoms with van der Waals surface area (Å²) in [4.78, 5) is 16.9. The van der Waals surface area contributed by atoms with Crippen LogP contribution in [0, 0.1) is 13.5 Å². The molecule has 38 heavy (non-hydrogen) atoms. The minimum atomic E-state index is -0.276. The fraction of sp³-hybridized carbons (Fsp3) is 0.258. The predicted molar refractivity (Wildman–Crippen MR) is 149 cm³/mol. The SMILES string of the molecule is [C-]#[N+]c1cccc(-n2nc(C)cc2C(=O)Nc2cccc(C(NC3CCC(O)CC3)c3ccccc3)c2)c1. The molecule has 3 N–H and O–H groups in total. The molecule has 1 amide bonds. The topological polar surface area (TPSA) is 83.5 Å². The molecule has 3 aromatic carbocycles. The number of rotatable bonds is 7. The van der Waals surface area contributed by atoms with Gasteiger partial charge in [0, 0.05) is 11.7 Å². The molecule has 0 bridgehead atoms. The van der Waals surface area contributed by atoms with Crippen LogP contribution in [0.2, 0.25) is 0 Å². The summed E-state index contributed by atoms with van der Waals surface area (Å²) in [6, 6.07) is 27.3. The standard InChI is InChI=1S/C31H31N5O2/c1-21-18-29(36(35-21)27-13-7-11-25(20-27)32-2)31(38)34-26-12-6-10-23(19-26)30(22-8-4-3-5-9-22)33-24-14-16-28(37)17-15-24/h3-13,18-20,24,28,30,33,37H,14-17H2,1H3,(H,34,38). The molecular formula is C31H31N5O2. The minimum absolute atomic E-state index is 0.0440. The lowest BCUT2D eigenvalue weighted by Crippen LogP contribution is -2.37. The maximum atomic E-state index is 13.4. The molecule has 1 fully saturated rings. The van der Waals surface area contributed by atoms with Gasteiger partial charge in [-0.25, -0.2) is 9.53 Å². The van der Waals surface area contributed by atoms with Crippen molar-refractivity contribution in [3.8, 4) is 5.69 Å². The van der Waals surface area contributed by atoms with Crippen LogP contribution in [0.1, 0.15) is 59.0 Å². The van der Waals surface area contributed by atoms with Gasteiger partial charge in [-0.15, -0.1) is 0 Å². The Morgan fingerprint density at radius 1 is 0.974 bits per heavy atom. The molecule has 1 saturated carbocycles. The average molecular weight is 506 g/mol. The van der Waals surface area contributed by atoms with Crippen molar-refractivity contribution in [2.45, 2.75) is 50.8 Å². The Morgan fingerprint density at radius 2 is 1.71 bits per heavy atom. The van der Waals surface area contributed by atoms with Crippen molar-refractivity contribution >= 4 is 17.3 Å². The van der Waals surface area contributed by atoms with Crippen LogP contribution in [0.3, 0.4) is 0 Å². The maximum Gasteiger partial charge on any atom is 0.274 e. The van der Waals surface area contributed by atoms with Crippen LogP contribution in [0.5, 0.6) is 0 Å². The van der Waals surface area contributed by atoms with Gasteiger partial charge in [0.15, 0.2) is 5.69 Å². The lowest BCUT2D eigenvalue weighted by Gasteiger charge is -2.31. The molecule has 192 valence electrons. The lowest BCUT2D eigenvalue weighted by atomic mass is 9.90. The third kappa shape index (κ3) is 5.83. The molecule has 4 aromatic rings. The Bertz CT molecular complexity index is 1450. The molecule has 1 aromatic heterocycles. The van der Waals surface area contributed by atoms with Crippen LogP contribution < -0.4 is 10.6 Å². The van der Waals surface area contributed by atoms with Crippen LogP contribution in [-0.4, -0.2) is 32.9 Å². The normalized spacial score (nSPS) is 17.9. The second-order valence-electron chi connectivity index (χ2n) is 9.81. The van der Waals surface area contributed by atoms with Crippen LogP contribution in [0.25, 0.3) is 10.5 Å². The minimum Gasteiger partial charge on any atom is -0.393 e. The van der Waals surface area contributed by atoms with Gasteiger partial charge < -0.3 is 15.7 Å². The highest BCUT2D eigenvalue weighted by atomic mass is 16.3. The van der Waals surface area contributed by atoms with E-state index in [-0.39, 0.29) is 18.1 Å². The summed E-state index contributed by atoms with van der Waals surface area (Å²) in [7, 11) is 0. The van der Waals surface area contributed by atoms with E-state index in [1.54, 1.807) is 28.9 Å². The fourth-order valence-corrected chi connectivity index (χ4v) is 5.05. The zero-order valence-electron chi connectivity index (χ0n) is 21.3. The Labute approximate surface area is 223 Å². The number of aromatic nitrogens is 2. The number of hydrogen-bond donors (Lipinski definition) is 3. The Balaban J connectivity index is 1.40. The van der Waals surface area contributed by atoms with Gasteiger partial charge in [0.2, 0.25) is 0 Å². The molecule has 0 aliphatic heterocycles. The zero-order chi connectivity index (χ0) is 26.5. The first kappa shape index (κ1) is 25.4. The third-order valence-corrected chi connectivity index (χ3v) is 6.98. The number of aryl methyl sites for hydroxylation is 1. The van der Waals surface area contributed by atoms with Crippen LogP contribution in [0.4, 0.5) is 11.4 Å². The molecule has 7 nitrogen and oxygen atoms in total. The maximum absolute atomic E-state index is 13.4. The van der Waals surface area contributed by atoms with E-state index in [2.05, 4.69) is 38.8 Å². The van der Waals surface area contributed by atoms with Crippen LogP contribution in [0.15, 0.2) is 84.9 Å². The van der Waals surface area contributed by atoms with E-state index in [4.69, 9.17) is 6.57 Å². The summed E-state index contributed by atoms with van der Waals surface area (Å²) < 4.78 is 1.58. The molecule has 1 heterocycles. The molecule has 1 aliphatic carbocycles. The van der Waals surface area contributed by atoms with Crippen molar-refractivity contribution in [3.05, 3.63) is 119 Å². The van der Waals surface area contributed by atoms with Gasteiger partial charge in [0.1, 0.15) is 5.69 Å². The van der Waals surface area contributed by atoms with Crippen molar-refractivity contribution in [2.75, 3.05) is 5.32 Å². The number of hydrogen-bond acceptors (Lipinski definition) is 4. The zero-order valence-corrected chi connectivity index (χ0v) is 21.3. The number of benzene rings is 3. The summed E-state index contributed by atoms with van der Waals surface area (Å²) in [6.45, 7) is 9.14. The molecule has 0 radical (unpaired) electrons. The first-order valence-electron chi connectivity index (χ1n) is 12.9. The van der Waals surface area contributed by atoms with Crippen LogP contribution in [-0.2, 0) is 0 Å². The van der Waals surface area contributed by atoms with E-state index >= 15 is 0 Å². The molecule has 1 aliphatic rings. The molecule has 5 rings (SSSR count). The summed E-state index contributed by atoms with van der Waals surface area (Å²) in [5.74, 6) is -0.276. The number of anilines is 1. The first-order chi connectivity index (χ1) is 18.5. The molecule has 1 atom stereocenters. The second-order valence-corrected chi connectivity index (χ2v) is 9.81. The molecular weight excluding hydrogens is 474 g/mol. The molecule has 0 spiro atoms. The third-order valence-electron chi connectivity index (χ3n) is 6.98. The number of aliphatic hydroxyl groups is 1. The van der Waals surface area contributed by atoms with Gasteiger partial charge >= 0.3 is 0 Å². The molecule has 7 heteroatoms. The van der Waals surface area contributed by atoms with E-state index in [1.807, 2.05) is 49.4 Å². The van der Waals surface area contributed by atoms with E-state index in [1.165, 1.54) is 0 Å². The van der Waals surface area contributed by atoms with Gasteiger partial charge in [0.05, 0.1) is 30.1 Å². The van der Waals surface area contributed by atoms with Gasteiger partial charge in [-0.2, -0.15) is 5.10 Å². The quantitative estimate of drug-likeness (QED) is 0.270. The highest BCUT2D eigenvalue weighted by Gasteiger charge is 2.24. The largest absolute Gasteiger partial charge is 0.393 e. The summed E-state index contributed by atoms with van der Waals surface area (Å²) in [5.41, 5.74) is 5.15. The number of aliphatic hydroxyl groups excluding tert-OH is 1. The highest BCUT2D eigenvalue weighted by Crippen LogP contribution is 2.29. The summed E-state index contributed by atoms with van der Waals surface area (Å²) >= 11 is 0. The van der Waals surface area contributed by atoms with Gasteiger partial charge in [0.25, 0.3) is 5.91 Å². The summed E-state index contributed by atoms with van der Waals surface area (Å²) in [5, 5.41) is 21.3. The average Bonchev–Trinajstić information content (AvgIpc) is 3.35. The second kappa shape index (κ2) is 11.4. The monoisotopic (exact) mass is 505 g/mol. The number of carbonyl (C=O) groups is 1. The number of amides is 1. The van der Waals surface area contributed by atoms with Crippen molar-refractivity contribution in [3.63, 3.8) is 0 Å². The van der Waals surface area contributed by atoms with Gasteiger partial charge in [-0.1, -0.05) is 54.6 Å². The number of carbonyl (C=O) groups excluding carboxylic acids is 1. The van der Waals surface area contributed by atoms with Crippen LogP contribution >= 0.6 is 0 Å². The number of nitrogens with one attached hydrogen (secondary N) is 2. The predicted octanol–water partition coefficient (Wildman–Crippen LogP) is 5.97. The van der Waals surface area contributed by atoms with Crippen molar-refractivity contribution in [1.29, 1.82) is 0 Å². The Morgan fingerprint density at radius 3 is 2.47 bits per heavy atom. The molecule has 0 saturated heterocycles. The smallest absolute Gasteiger partial charge is 0.274 e. The highest BCUT2D eigenvalue weighted by molar-refractivity contribution is 6.03. The van der Waals surface area contributed by atoms with E-state index in [0.717, 1.165) is 36.8 Å². The van der Waals surface area contributed by atoms with Crippen molar-refractivity contribution < 1.29 is 9.90 Å². The summed E-state index contributed by atoms with van der Waals surface area (Å²) in [6.07, 6.45) is 3.27. The van der Waals surface area contributed by atoms with Crippen molar-refractivity contribution in [2.24, 2.45) is 0 Å². The fourth-order valence-electron chi connectivity index (χ4n) is 5.05. The first-order valence-corrected chi connectivity index (χ1v) is 12.9. The Kier molecular flexibility index (Phi) is 7.64. The van der Waals surface area contributed by atoms with E-state index in [9.17, 15) is 9.90 Å². The number of nitrogens with zero attached hydrogens (tertiary/aromatic N) is 3. The van der Waals surface area contributed by atoms with Gasteiger partial charge in [-0.05, 0) is 74.1 Å². The molecule has 1 unspecified atom stereocenters. The van der Waals surface area contributed by atoms with E-state index in [0.29, 0.717) is 34.5 Å². The van der Waals surface area contributed by atoms with Gasteiger partial charge in [-0.3, -0.25) is 4.79 Å². The van der Waals surface area contributed by atoms with E-state index < -0.39 is 0 Å². The lowest BCUT2D eigenvalue weighted by molar-refractivity contribution is 0.101. The van der Waals surface area contributed by atoms with Crippen molar-refractivity contribution in [1.82, 2.24) is 15.1 Å².